The quantitative estimate of drug-likeness (QED) is 0.542. The Hall–Kier alpha value is -3.08. The zero-order valence-corrected chi connectivity index (χ0v) is 16.2. The van der Waals surface area contributed by atoms with Crippen LogP contribution in [-0.4, -0.2) is 20.4 Å². The van der Waals surface area contributed by atoms with E-state index in [1.54, 1.807) is 0 Å². The first-order chi connectivity index (χ1) is 13.6. The fourth-order valence-corrected chi connectivity index (χ4v) is 4.34. The summed E-state index contributed by atoms with van der Waals surface area (Å²) >= 11 is 0. The van der Waals surface area contributed by atoms with Crippen molar-refractivity contribution in [3.8, 4) is 11.3 Å². The third-order valence-electron chi connectivity index (χ3n) is 5.79. The van der Waals surface area contributed by atoms with Gasteiger partial charge in [-0.1, -0.05) is 30.5 Å². The molecule has 3 heterocycles. The van der Waals surface area contributed by atoms with E-state index < -0.39 is 0 Å². The number of benzene rings is 1. The molecule has 5 heteroatoms. The lowest BCUT2D eigenvalue weighted by Crippen LogP contribution is -2.18. The lowest BCUT2D eigenvalue weighted by molar-refractivity contribution is 0.748. The van der Waals surface area contributed by atoms with Crippen molar-refractivity contribution in [1.29, 1.82) is 0 Å². The summed E-state index contributed by atoms with van der Waals surface area (Å²) in [4.78, 5) is 20.8. The van der Waals surface area contributed by atoms with Gasteiger partial charge in [0.15, 0.2) is 0 Å². The van der Waals surface area contributed by atoms with Gasteiger partial charge in [0.05, 0.1) is 5.56 Å². The molecular formula is C23H24N4O. The lowest BCUT2D eigenvalue weighted by atomic mass is 10.1. The number of nitrogens with one attached hydrogen (secondary N) is 2. The summed E-state index contributed by atoms with van der Waals surface area (Å²) in [6.45, 7) is 4.14. The van der Waals surface area contributed by atoms with Crippen molar-refractivity contribution in [3.63, 3.8) is 0 Å². The molecule has 0 aliphatic heterocycles. The molecule has 142 valence electrons. The van der Waals surface area contributed by atoms with Crippen molar-refractivity contribution >= 4 is 22.4 Å². The van der Waals surface area contributed by atoms with Crippen LogP contribution in [0.5, 0.6) is 0 Å². The molecule has 0 unspecified atom stereocenters. The molecule has 0 spiro atoms. The van der Waals surface area contributed by atoms with Crippen molar-refractivity contribution in [1.82, 2.24) is 14.4 Å². The molecule has 5 rings (SSSR count). The molecule has 0 radical (unpaired) electrons. The standard InChI is InChI=1S/C23H24N4O/c1-14-10-11-19-16(12-14)13-18(23(28)25-19)21-22(24-17-7-3-4-8-17)27-15(2)6-5-9-20(27)26-21/h5-6,9-13,17,24H,3-4,7-8H2,1-2H3,(H,25,28). The summed E-state index contributed by atoms with van der Waals surface area (Å²) in [5.41, 5.74) is 5.22. The van der Waals surface area contributed by atoms with Crippen LogP contribution in [0.3, 0.4) is 0 Å². The molecule has 28 heavy (non-hydrogen) atoms. The van der Waals surface area contributed by atoms with Crippen molar-refractivity contribution in [2.24, 2.45) is 0 Å². The number of fused-ring (bicyclic) bond motifs is 2. The van der Waals surface area contributed by atoms with Crippen LogP contribution in [0.1, 0.15) is 36.9 Å². The van der Waals surface area contributed by atoms with Crippen LogP contribution in [0.2, 0.25) is 0 Å². The number of hydrogen-bond acceptors (Lipinski definition) is 3. The SMILES string of the molecule is Cc1ccc2[nH]c(=O)c(-c3nc4cccc(C)n4c3NC3CCCC3)cc2c1. The van der Waals surface area contributed by atoms with E-state index in [2.05, 4.69) is 40.7 Å². The van der Waals surface area contributed by atoms with E-state index in [0.29, 0.717) is 11.6 Å². The first-order valence-corrected chi connectivity index (χ1v) is 9.99. The Bertz CT molecular complexity index is 1240. The molecule has 1 saturated carbocycles. The Balaban J connectivity index is 1.76. The Morgan fingerprint density at radius 2 is 1.93 bits per heavy atom. The van der Waals surface area contributed by atoms with Crippen LogP contribution in [0.4, 0.5) is 5.82 Å². The van der Waals surface area contributed by atoms with Crippen LogP contribution < -0.4 is 10.9 Å². The van der Waals surface area contributed by atoms with Gasteiger partial charge in [-0.15, -0.1) is 0 Å². The molecule has 2 N–H and O–H groups in total. The van der Waals surface area contributed by atoms with Gasteiger partial charge in [-0.25, -0.2) is 4.98 Å². The lowest BCUT2D eigenvalue weighted by Gasteiger charge is -2.16. The number of anilines is 1. The minimum absolute atomic E-state index is 0.105. The first kappa shape index (κ1) is 17.0. The van der Waals surface area contributed by atoms with Gasteiger partial charge in [0, 0.05) is 17.3 Å². The molecule has 0 atom stereocenters. The van der Waals surface area contributed by atoms with Gasteiger partial charge in [0.2, 0.25) is 0 Å². The Morgan fingerprint density at radius 1 is 1.11 bits per heavy atom. The summed E-state index contributed by atoms with van der Waals surface area (Å²) in [7, 11) is 0. The molecule has 1 fully saturated rings. The maximum Gasteiger partial charge on any atom is 0.258 e. The van der Waals surface area contributed by atoms with Crippen molar-refractivity contribution < 1.29 is 0 Å². The van der Waals surface area contributed by atoms with E-state index >= 15 is 0 Å². The van der Waals surface area contributed by atoms with Crippen LogP contribution in [0.15, 0.2) is 47.3 Å². The number of aromatic amines is 1. The zero-order chi connectivity index (χ0) is 19.3. The molecule has 1 aliphatic rings. The maximum atomic E-state index is 12.9. The van der Waals surface area contributed by atoms with E-state index in [1.807, 2.05) is 30.3 Å². The normalized spacial score (nSPS) is 14.9. The van der Waals surface area contributed by atoms with Gasteiger partial charge in [0.1, 0.15) is 17.2 Å². The number of aryl methyl sites for hydroxylation is 2. The highest BCUT2D eigenvalue weighted by molar-refractivity contribution is 5.86. The summed E-state index contributed by atoms with van der Waals surface area (Å²) in [5, 5.41) is 4.73. The monoisotopic (exact) mass is 372 g/mol. The summed E-state index contributed by atoms with van der Waals surface area (Å²) in [6.07, 6.45) is 4.81. The molecular weight excluding hydrogens is 348 g/mol. The Kier molecular flexibility index (Phi) is 3.97. The minimum atomic E-state index is -0.105. The number of hydrogen-bond donors (Lipinski definition) is 2. The van der Waals surface area contributed by atoms with Crippen LogP contribution in [0.25, 0.3) is 27.8 Å². The predicted octanol–water partition coefficient (Wildman–Crippen LogP) is 4.81. The van der Waals surface area contributed by atoms with Crippen LogP contribution in [-0.2, 0) is 0 Å². The highest BCUT2D eigenvalue weighted by Crippen LogP contribution is 2.32. The van der Waals surface area contributed by atoms with Gasteiger partial charge >= 0.3 is 0 Å². The molecule has 0 amide bonds. The largest absolute Gasteiger partial charge is 0.367 e. The fourth-order valence-electron chi connectivity index (χ4n) is 4.34. The third kappa shape index (κ3) is 2.78. The zero-order valence-electron chi connectivity index (χ0n) is 16.2. The Labute approximate surface area is 163 Å². The van der Waals surface area contributed by atoms with E-state index in [0.717, 1.165) is 46.6 Å². The number of H-pyrrole nitrogens is 1. The van der Waals surface area contributed by atoms with Crippen molar-refractivity contribution in [2.45, 2.75) is 45.6 Å². The maximum absolute atomic E-state index is 12.9. The smallest absolute Gasteiger partial charge is 0.258 e. The van der Waals surface area contributed by atoms with Crippen LogP contribution in [0, 0.1) is 13.8 Å². The molecule has 3 aromatic heterocycles. The second kappa shape index (κ2) is 6.51. The van der Waals surface area contributed by atoms with Gasteiger partial charge < -0.3 is 10.3 Å². The highest BCUT2D eigenvalue weighted by atomic mass is 16.1. The van der Waals surface area contributed by atoms with Crippen molar-refractivity contribution in [2.75, 3.05) is 5.32 Å². The predicted molar refractivity (Wildman–Crippen MR) is 114 cm³/mol. The third-order valence-corrected chi connectivity index (χ3v) is 5.79. The number of nitrogens with zero attached hydrogens (tertiary/aromatic N) is 2. The van der Waals surface area contributed by atoms with Crippen LogP contribution >= 0.6 is 0 Å². The average molecular weight is 372 g/mol. The molecule has 1 aliphatic carbocycles. The molecule has 4 aromatic rings. The molecule has 1 aromatic carbocycles. The minimum Gasteiger partial charge on any atom is -0.367 e. The number of pyridine rings is 2. The van der Waals surface area contributed by atoms with E-state index in [4.69, 9.17) is 4.98 Å². The summed E-state index contributed by atoms with van der Waals surface area (Å²) in [5.74, 6) is 0.928. The van der Waals surface area contributed by atoms with Crippen molar-refractivity contribution in [3.05, 3.63) is 64.1 Å². The second-order valence-electron chi connectivity index (χ2n) is 7.90. The molecule has 0 saturated heterocycles. The highest BCUT2D eigenvalue weighted by Gasteiger charge is 2.22. The number of aromatic nitrogens is 3. The van der Waals surface area contributed by atoms with E-state index in [1.165, 1.54) is 18.4 Å². The summed E-state index contributed by atoms with van der Waals surface area (Å²) < 4.78 is 2.13. The molecule has 0 bridgehead atoms. The number of imidazole rings is 1. The first-order valence-electron chi connectivity index (χ1n) is 9.99. The van der Waals surface area contributed by atoms with Gasteiger partial charge in [-0.2, -0.15) is 0 Å². The van der Waals surface area contributed by atoms with E-state index in [9.17, 15) is 4.79 Å². The van der Waals surface area contributed by atoms with Gasteiger partial charge in [-0.3, -0.25) is 9.20 Å². The second-order valence-corrected chi connectivity index (χ2v) is 7.90. The summed E-state index contributed by atoms with van der Waals surface area (Å²) in [6, 6.07) is 14.6. The topological polar surface area (TPSA) is 62.2 Å². The average Bonchev–Trinajstić information content (AvgIpc) is 3.31. The van der Waals surface area contributed by atoms with Gasteiger partial charge in [-0.05, 0) is 62.4 Å². The number of rotatable bonds is 3. The fraction of sp³-hybridized carbons (Fsp3) is 0.304. The van der Waals surface area contributed by atoms with E-state index in [-0.39, 0.29) is 5.56 Å². The molecule has 5 nitrogen and oxygen atoms in total. The van der Waals surface area contributed by atoms with Gasteiger partial charge in [0.25, 0.3) is 5.56 Å². The Morgan fingerprint density at radius 3 is 2.75 bits per heavy atom.